The Hall–Kier alpha value is -1.42. The molecule has 4 saturated carbocycles. The third kappa shape index (κ3) is 4.22. The molecule has 1 N–H and O–H groups in total. The second-order valence-corrected chi connectivity index (χ2v) is 12.4. The summed E-state index contributed by atoms with van der Waals surface area (Å²) < 4.78 is 19.5. The number of benzene rings is 1. The first kappa shape index (κ1) is 24.3. The maximum absolute atomic E-state index is 13.8. The molecule has 1 aromatic rings. The zero-order valence-electron chi connectivity index (χ0n) is 21.7. The van der Waals surface area contributed by atoms with Crippen molar-refractivity contribution in [2.45, 2.75) is 85.5 Å². The molecule has 1 aromatic carbocycles. The number of fused-ring (bicyclic) bond motifs is 5. The van der Waals surface area contributed by atoms with Crippen molar-refractivity contribution in [2.75, 3.05) is 18.5 Å². The third-order valence-corrected chi connectivity index (χ3v) is 10.7. The molecule has 0 radical (unpaired) electrons. The molecule has 0 bridgehead atoms. The molecule has 1 amide bonds. The van der Waals surface area contributed by atoms with E-state index in [9.17, 15) is 9.18 Å². The molecular formula is C30H44FNO2. The molecule has 4 heteroatoms. The SMILES string of the molecule is CCOCC1CCC2C(CCC3C2CCC2(C)C3CC[C@@H]2C(=O)Nc2c(C)cc(F)cc2C)C1. The number of ether oxygens (including phenoxy) is 1. The van der Waals surface area contributed by atoms with E-state index in [-0.39, 0.29) is 23.1 Å². The molecule has 7 unspecified atom stereocenters. The Morgan fingerprint density at radius 1 is 1.03 bits per heavy atom. The first-order chi connectivity index (χ1) is 16.3. The van der Waals surface area contributed by atoms with E-state index in [2.05, 4.69) is 19.2 Å². The van der Waals surface area contributed by atoms with Crippen LogP contribution in [0.25, 0.3) is 0 Å². The Morgan fingerprint density at radius 3 is 2.50 bits per heavy atom. The molecule has 5 rings (SSSR count). The fourth-order valence-corrected chi connectivity index (χ4v) is 9.14. The number of aryl methyl sites for hydroxylation is 2. The van der Waals surface area contributed by atoms with E-state index in [1.54, 1.807) is 0 Å². The normalized spacial score (nSPS) is 39.1. The maximum atomic E-state index is 13.8. The standard InChI is InChI=1S/C30H44FNO2/c1-5-34-17-20-6-8-23-21(16-20)7-9-25-24(23)12-13-30(4)26(25)10-11-27(30)29(33)32-28-18(2)14-22(31)15-19(28)3/h14-15,20-21,23-27H,5-13,16-17H2,1-4H3,(H,32,33)/t20?,21?,23?,24?,25?,26?,27-,30?/m1/s1. The molecule has 188 valence electrons. The van der Waals surface area contributed by atoms with Crippen LogP contribution in [-0.2, 0) is 9.53 Å². The number of anilines is 1. The molecule has 0 heterocycles. The lowest BCUT2D eigenvalue weighted by Gasteiger charge is -2.56. The molecule has 0 aromatic heterocycles. The summed E-state index contributed by atoms with van der Waals surface area (Å²) >= 11 is 0. The van der Waals surface area contributed by atoms with Crippen molar-refractivity contribution in [1.82, 2.24) is 0 Å². The van der Waals surface area contributed by atoms with Gasteiger partial charge in [0.15, 0.2) is 0 Å². The van der Waals surface area contributed by atoms with Gasteiger partial charge in [0.1, 0.15) is 5.82 Å². The van der Waals surface area contributed by atoms with E-state index >= 15 is 0 Å². The van der Waals surface area contributed by atoms with Crippen molar-refractivity contribution >= 4 is 11.6 Å². The summed E-state index contributed by atoms with van der Waals surface area (Å²) in [7, 11) is 0. The van der Waals surface area contributed by atoms with Gasteiger partial charge in [-0.25, -0.2) is 4.39 Å². The van der Waals surface area contributed by atoms with E-state index < -0.39 is 0 Å². The van der Waals surface area contributed by atoms with Crippen LogP contribution in [0.3, 0.4) is 0 Å². The lowest BCUT2D eigenvalue weighted by atomic mass is 9.49. The fraction of sp³-hybridized carbons (Fsp3) is 0.767. The first-order valence-corrected chi connectivity index (χ1v) is 14.0. The highest BCUT2D eigenvalue weighted by Crippen LogP contribution is 2.64. The van der Waals surface area contributed by atoms with Crippen molar-refractivity contribution in [2.24, 2.45) is 46.8 Å². The molecule has 3 nitrogen and oxygen atoms in total. The van der Waals surface area contributed by atoms with Gasteiger partial charge in [0, 0.05) is 24.8 Å². The number of amides is 1. The van der Waals surface area contributed by atoms with Crippen molar-refractivity contribution in [3.63, 3.8) is 0 Å². The predicted molar refractivity (Wildman–Crippen MR) is 135 cm³/mol. The van der Waals surface area contributed by atoms with Crippen LogP contribution in [0, 0.1) is 66.5 Å². The average molecular weight is 470 g/mol. The van der Waals surface area contributed by atoms with Crippen LogP contribution in [0.5, 0.6) is 0 Å². The second-order valence-electron chi connectivity index (χ2n) is 12.4. The summed E-state index contributed by atoms with van der Waals surface area (Å²) in [4.78, 5) is 13.6. The summed E-state index contributed by atoms with van der Waals surface area (Å²) in [6, 6.07) is 3.04. The van der Waals surface area contributed by atoms with E-state index in [4.69, 9.17) is 4.74 Å². The van der Waals surface area contributed by atoms with Gasteiger partial charge in [-0.2, -0.15) is 0 Å². The van der Waals surface area contributed by atoms with Gasteiger partial charge in [0.25, 0.3) is 0 Å². The lowest BCUT2D eigenvalue weighted by molar-refractivity contribution is -0.127. The lowest BCUT2D eigenvalue weighted by Crippen LogP contribution is -2.50. The molecule has 4 aliphatic rings. The summed E-state index contributed by atoms with van der Waals surface area (Å²) in [5.41, 5.74) is 2.53. The van der Waals surface area contributed by atoms with Gasteiger partial charge in [0.2, 0.25) is 5.91 Å². The Labute approximate surface area is 205 Å². The number of hydrogen-bond acceptors (Lipinski definition) is 2. The minimum atomic E-state index is -0.235. The summed E-state index contributed by atoms with van der Waals surface area (Å²) in [6.45, 7) is 10.1. The minimum absolute atomic E-state index is 0.0713. The van der Waals surface area contributed by atoms with Crippen LogP contribution in [0.4, 0.5) is 10.1 Å². The van der Waals surface area contributed by atoms with Crippen LogP contribution in [0.1, 0.15) is 82.8 Å². The highest BCUT2D eigenvalue weighted by molar-refractivity contribution is 5.94. The summed E-state index contributed by atoms with van der Waals surface area (Å²) in [5.74, 6) is 4.91. The van der Waals surface area contributed by atoms with Gasteiger partial charge in [-0.15, -0.1) is 0 Å². The van der Waals surface area contributed by atoms with Gasteiger partial charge >= 0.3 is 0 Å². The Bertz CT molecular complexity index is 892. The topological polar surface area (TPSA) is 38.3 Å². The van der Waals surface area contributed by atoms with E-state index in [0.717, 1.165) is 66.0 Å². The van der Waals surface area contributed by atoms with Crippen LogP contribution < -0.4 is 5.32 Å². The number of carbonyl (C=O) groups excluding carboxylic acids is 1. The fourth-order valence-electron chi connectivity index (χ4n) is 9.14. The van der Waals surface area contributed by atoms with Crippen LogP contribution >= 0.6 is 0 Å². The van der Waals surface area contributed by atoms with E-state index in [1.165, 1.54) is 63.5 Å². The number of halogens is 1. The smallest absolute Gasteiger partial charge is 0.228 e. The first-order valence-electron chi connectivity index (χ1n) is 14.0. The van der Waals surface area contributed by atoms with Gasteiger partial charge < -0.3 is 10.1 Å². The van der Waals surface area contributed by atoms with Gasteiger partial charge in [-0.1, -0.05) is 6.92 Å². The number of hydrogen-bond donors (Lipinski definition) is 1. The number of nitrogens with one attached hydrogen (secondary N) is 1. The van der Waals surface area contributed by atoms with Crippen LogP contribution in [0.2, 0.25) is 0 Å². The number of carbonyl (C=O) groups is 1. The third-order valence-electron chi connectivity index (χ3n) is 10.7. The molecule has 8 atom stereocenters. The average Bonchev–Trinajstić information content (AvgIpc) is 3.17. The summed E-state index contributed by atoms with van der Waals surface area (Å²) in [5, 5.41) is 3.23. The largest absolute Gasteiger partial charge is 0.381 e. The number of rotatable bonds is 5. The highest BCUT2D eigenvalue weighted by atomic mass is 19.1. The molecule has 34 heavy (non-hydrogen) atoms. The zero-order chi connectivity index (χ0) is 24.0. The minimum Gasteiger partial charge on any atom is -0.381 e. The zero-order valence-corrected chi connectivity index (χ0v) is 21.7. The van der Waals surface area contributed by atoms with Crippen molar-refractivity contribution in [1.29, 1.82) is 0 Å². The monoisotopic (exact) mass is 469 g/mol. The van der Waals surface area contributed by atoms with Crippen LogP contribution in [0.15, 0.2) is 12.1 Å². The van der Waals surface area contributed by atoms with Crippen molar-refractivity contribution in [3.05, 3.63) is 29.1 Å². The van der Waals surface area contributed by atoms with Crippen LogP contribution in [-0.4, -0.2) is 19.1 Å². The Balaban J connectivity index is 1.27. The second kappa shape index (κ2) is 9.56. The molecule has 4 aliphatic carbocycles. The Morgan fingerprint density at radius 2 is 1.76 bits per heavy atom. The quantitative estimate of drug-likeness (QED) is 0.491. The van der Waals surface area contributed by atoms with E-state index in [1.807, 2.05) is 13.8 Å². The van der Waals surface area contributed by atoms with Gasteiger partial charge in [-0.05, 0) is 143 Å². The van der Waals surface area contributed by atoms with Crippen molar-refractivity contribution < 1.29 is 13.9 Å². The summed E-state index contributed by atoms with van der Waals surface area (Å²) in [6.07, 6.45) is 11.5. The molecule has 0 spiro atoms. The van der Waals surface area contributed by atoms with Gasteiger partial charge in [-0.3, -0.25) is 4.79 Å². The van der Waals surface area contributed by atoms with Gasteiger partial charge in [0.05, 0.1) is 0 Å². The molecular weight excluding hydrogens is 425 g/mol. The van der Waals surface area contributed by atoms with E-state index in [0.29, 0.717) is 5.92 Å². The molecule has 0 aliphatic heterocycles. The maximum Gasteiger partial charge on any atom is 0.228 e. The van der Waals surface area contributed by atoms with Crippen molar-refractivity contribution in [3.8, 4) is 0 Å². The molecule has 4 fully saturated rings. The highest BCUT2D eigenvalue weighted by Gasteiger charge is 2.58. The Kier molecular flexibility index (Phi) is 6.83. The molecule has 0 saturated heterocycles. The predicted octanol–water partition coefficient (Wildman–Crippen LogP) is 7.30.